The van der Waals surface area contributed by atoms with E-state index in [1.165, 1.54) is 6.08 Å². The standard InChI is InChI=1S/C24H37NO2/c1-4-7-9-10-11-12-13-14-15-16-17-18-19-20-23(26)25-22-24(27,6-3)21-8-5-2/h4,7,9-14,17-20,27H,5-6,8,15-16,21-22H2,1-3H3,(H,25,26). The fraction of sp³-hybridized carbons (Fsp3) is 0.458. The molecule has 0 heterocycles. The van der Waals surface area contributed by atoms with Crippen LogP contribution in [0.4, 0.5) is 0 Å². The number of aliphatic hydroxyl groups is 1. The van der Waals surface area contributed by atoms with Crippen molar-refractivity contribution in [1.82, 2.24) is 5.32 Å². The summed E-state index contributed by atoms with van der Waals surface area (Å²) < 4.78 is 0. The van der Waals surface area contributed by atoms with Crippen LogP contribution in [0, 0.1) is 0 Å². The maximum Gasteiger partial charge on any atom is 0.244 e. The molecule has 0 rings (SSSR count). The van der Waals surface area contributed by atoms with Crippen molar-refractivity contribution in [2.24, 2.45) is 0 Å². The molecule has 2 N–H and O–H groups in total. The summed E-state index contributed by atoms with van der Waals surface area (Å²) in [5.74, 6) is -0.168. The van der Waals surface area contributed by atoms with E-state index >= 15 is 0 Å². The molecule has 0 bridgehead atoms. The lowest BCUT2D eigenvalue weighted by Gasteiger charge is -2.26. The van der Waals surface area contributed by atoms with Crippen LogP contribution in [0.25, 0.3) is 0 Å². The van der Waals surface area contributed by atoms with E-state index in [9.17, 15) is 9.90 Å². The van der Waals surface area contributed by atoms with Crippen LogP contribution >= 0.6 is 0 Å². The van der Waals surface area contributed by atoms with Gasteiger partial charge in [-0.25, -0.2) is 0 Å². The Morgan fingerprint density at radius 2 is 1.52 bits per heavy atom. The van der Waals surface area contributed by atoms with E-state index in [-0.39, 0.29) is 5.91 Å². The summed E-state index contributed by atoms with van der Waals surface area (Å²) in [5, 5.41) is 13.2. The van der Waals surface area contributed by atoms with Crippen molar-refractivity contribution in [2.75, 3.05) is 6.54 Å². The lowest BCUT2D eigenvalue weighted by molar-refractivity contribution is -0.117. The van der Waals surface area contributed by atoms with Crippen LogP contribution in [0.3, 0.4) is 0 Å². The summed E-state index contributed by atoms with van der Waals surface area (Å²) >= 11 is 0. The van der Waals surface area contributed by atoms with Crippen LogP contribution in [0.1, 0.15) is 59.3 Å². The molecule has 0 saturated heterocycles. The molecule has 3 nitrogen and oxygen atoms in total. The zero-order valence-electron chi connectivity index (χ0n) is 17.2. The molecule has 0 radical (unpaired) electrons. The lowest BCUT2D eigenvalue weighted by atomic mass is 9.94. The fourth-order valence-corrected chi connectivity index (χ4v) is 2.26. The van der Waals surface area contributed by atoms with Crippen molar-refractivity contribution < 1.29 is 9.90 Å². The molecule has 150 valence electrons. The van der Waals surface area contributed by atoms with Gasteiger partial charge in [0.15, 0.2) is 0 Å². The summed E-state index contributed by atoms with van der Waals surface area (Å²) in [6.07, 6.45) is 28.5. The van der Waals surface area contributed by atoms with Gasteiger partial charge >= 0.3 is 0 Å². The first kappa shape index (κ1) is 24.9. The molecule has 0 aromatic rings. The Bertz CT molecular complexity index is 553. The summed E-state index contributed by atoms with van der Waals surface area (Å²) in [4.78, 5) is 11.8. The van der Waals surface area contributed by atoms with Crippen molar-refractivity contribution in [3.63, 3.8) is 0 Å². The first-order valence-electron chi connectivity index (χ1n) is 10.0. The van der Waals surface area contributed by atoms with Crippen molar-refractivity contribution in [1.29, 1.82) is 0 Å². The monoisotopic (exact) mass is 371 g/mol. The topological polar surface area (TPSA) is 49.3 Å². The largest absolute Gasteiger partial charge is 0.388 e. The molecule has 27 heavy (non-hydrogen) atoms. The van der Waals surface area contributed by atoms with Gasteiger partial charge in [0.2, 0.25) is 5.91 Å². The number of allylic oxidation sites excluding steroid dienone is 11. The van der Waals surface area contributed by atoms with Crippen molar-refractivity contribution in [3.05, 3.63) is 72.9 Å². The third-order valence-electron chi connectivity index (χ3n) is 4.12. The Labute approximate surface area is 166 Å². The van der Waals surface area contributed by atoms with Crippen molar-refractivity contribution >= 4 is 5.91 Å². The van der Waals surface area contributed by atoms with Crippen molar-refractivity contribution in [3.8, 4) is 0 Å². The van der Waals surface area contributed by atoms with Gasteiger partial charge in [-0.2, -0.15) is 0 Å². The molecule has 0 fully saturated rings. The summed E-state index contributed by atoms with van der Waals surface area (Å²) in [6.45, 7) is 6.34. The summed E-state index contributed by atoms with van der Waals surface area (Å²) in [6, 6.07) is 0. The zero-order valence-corrected chi connectivity index (χ0v) is 17.2. The van der Waals surface area contributed by atoms with Gasteiger partial charge < -0.3 is 10.4 Å². The number of hydrogen-bond donors (Lipinski definition) is 2. The Balaban J connectivity index is 3.98. The van der Waals surface area contributed by atoms with Gasteiger partial charge in [-0.1, -0.05) is 93.5 Å². The average Bonchev–Trinajstić information content (AvgIpc) is 2.68. The van der Waals surface area contributed by atoms with Gasteiger partial charge in [0.1, 0.15) is 0 Å². The Morgan fingerprint density at radius 1 is 0.926 bits per heavy atom. The van der Waals surface area contributed by atoms with Crippen LogP contribution < -0.4 is 5.32 Å². The van der Waals surface area contributed by atoms with E-state index in [0.717, 1.165) is 32.1 Å². The molecule has 1 unspecified atom stereocenters. The van der Waals surface area contributed by atoms with Gasteiger partial charge in [-0.15, -0.1) is 0 Å². The smallest absolute Gasteiger partial charge is 0.244 e. The summed E-state index contributed by atoms with van der Waals surface area (Å²) in [7, 11) is 0. The summed E-state index contributed by atoms with van der Waals surface area (Å²) in [5.41, 5.74) is -0.793. The van der Waals surface area contributed by atoms with Gasteiger partial charge in [0.25, 0.3) is 0 Å². The quantitative estimate of drug-likeness (QED) is 0.238. The van der Waals surface area contributed by atoms with Crippen LogP contribution in [0.15, 0.2) is 72.9 Å². The molecule has 0 aromatic heterocycles. The molecule has 0 aromatic carbocycles. The zero-order chi connectivity index (χ0) is 20.2. The third kappa shape index (κ3) is 15.8. The normalized spacial score (nSPS) is 15.3. The SMILES string of the molecule is CC=CC=CC=CC=CCCC=CC=CC(=O)NCC(O)(CC)CCCC. The minimum Gasteiger partial charge on any atom is -0.388 e. The predicted octanol–water partition coefficient (Wildman–Crippen LogP) is 5.57. The van der Waals surface area contributed by atoms with Gasteiger partial charge in [-0.3, -0.25) is 4.79 Å². The highest BCUT2D eigenvalue weighted by molar-refractivity contribution is 5.87. The Hall–Kier alpha value is -2.13. The van der Waals surface area contributed by atoms with Gasteiger partial charge in [0, 0.05) is 12.6 Å². The highest BCUT2D eigenvalue weighted by Crippen LogP contribution is 2.17. The van der Waals surface area contributed by atoms with Crippen LogP contribution in [0.2, 0.25) is 0 Å². The molecule has 3 heteroatoms. The highest BCUT2D eigenvalue weighted by Gasteiger charge is 2.23. The Kier molecular flexibility index (Phi) is 15.9. The van der Waals surface area contributed by atoms with E-state index < -0.39 is 5.60 Å². The number of unbranched alkanes of at least 4 members (excludes halogenated alkanes) is 2. The minimum atomic E-state index is -0.793. The van der Waals surface area contributed by atoms with E-state index in [0.29, 0.717) is 13.0 Å². The highest BCUT2D eigenvalue weighted by atomic mass is 16.3. The predicted molar refractivity (Wildman–Crippen MR) is 118 cm³/mol. The maximum atomic E-state index is 11.8. The molecule has 0 spiro atoms. The molecule has 0 saturated carbocycles. The van der Waals surface area contributed by atoms with Crippen LogP contribution in [0.5, 0.6) is 0 Å². The number of amides is 1. The number of carbonyl (C=O) groups is 1. The number of carbonyl (C=O) groups excluding carboxylic acids is 1. The maximum absolute atomic E-state index is 11.8. The van der Waals surface area contributed by atoms with E-state index in [2.05, 4.69) is 18.3 Å². The van der Waals surface area contributed by atoms with Gasteiger partial charge in [0.05, 0.1) is 5.60 Å². The van der Waals surface area contributed by atoms with Gasteiger partial charge in [-0.05, 0) is 32.6 Å². The van der Waals surface area contributed by atoms with E-state index in [1.54, 1.807) is 6.08 Å². The third-order valence-corrected chi connectivity index (χ3v) is 4.12. The number of nitrogens with one attached hydrogen (secondary N) is 1. The lowest BCUT2D eigenvalue weighted by Crippen LogP contribution is -2.42. The number of hydrogen-bond acceptors (Lipinski definition) is 2. The first-order chi connectivity index (χ1) is 13.1. The Morgan fingerprint density at radius 3 is 2.11 bits per heavy atom. The average molecular weight is 372 g/mol. The second-order valence-electron chi connectivity index (χ2n) is 6.49. The molecule has 0 aliphatic heterocycles. The first-order valence-corrected chi connectivity index (χ1v) is 10.0. The van der Waals surface area contributed by atoms with Crippen LogP contribution in [-0.2, 0) is 4.79 Å². The number of rotatable bonds is 14. The van der Waals surface area contributed by atoms with Crippen molar-refractivity contribution in [2.45, 2.75) is 64.9 Å². The van der Waals surface area contributed by atoms with E-state index in [4.69, 9.17) is 0 Å². The molecule has 0 aliphatic rings. The minimum absolute atomic E-state index is 0.168. The molecule has 1 atom stereocenters. The molecular weight excluding hydrogens is 334 g/mol. The molecule has 0 aliphatic carbocycles. The molecule has 1 amide bonds. The van der Waals surface area contributed by atoms with E-state index in [1.807, 2.05) is 68.5 Å². The van der Waals surface area contributed by atoms with Crippen LogP contribution in [-0.4, -0.2) is 23.2 Å². The second-order valence-corrected chi connectivity index (χ2v) is 6.49. The second kappa shape index (κ2) is 17.3. The molecular formula is C24H37NO2. The fourth-order valence-electron chi connectivity index (χ4n) is 2.26.